The van der Waals surface area contributed by atoms with Crippen molar-refractivity contribution in [2.75, 3.05) is 0 Å². The normalized spacial score (nSPS) is 10.4. The van der Waals surface area contributed by atoms with Gasteiger partial charge in [-0.25, -0.2) is 9.67 Å². The zero-order valence-corrected chi connectivity index (χ0v) is 8.10. The van der Waals surface area contributed by atoms with E-state index in [2.05, 4.69) is 10.1 Å². The van der Waals surface area contributed by atoms with Gasteiger partial charge >= 0.3 is 0 Å². The maximum Gasteiger partial charge on any atom is 0.148 e. The minimum Gasteiger partial charge on any atom is -0.508 e. The second kappa shape index (κ2) is 3.14. The molecule has 0 amide bonds. The van der Waals surface area contributed by atoms with Crippen LogP contribution in [0.15, 0.2) is 24.3 Å². The van der Waals surface area contributed by atoms with Crippen LogP contribution in [0.2, 0.25) is 0 Å². The van der Waals surface area contributed by atoms with Crippen molar-refractivity contribution in [3.05, 3.63) is 35.9 Å². The Kier molecular flexibility index (Phi) is 1.96. The van der Waals surface area contributed by atoms with E-state index in [4.69, 9.17) is 5.11 Å². The standard InChI is InChI=1S/C10H11N3O/c1-7-11-8(2)13(12-7)9-3-5-10(14)6-4-9/h3-6,14H,1-2H3. The Morgan fingerprint density at radius 1 is 1.14 bits per heavy atom. The average molecular weight is 189 g/mol. The topological polar surface area (TPSA) is 50.9 Å². The van der Waals surface area contributed by atoms with Crippen molar-refractivity contribution in [1.29, 1.82) is 0 Å². The molecule has 0 saturated heterocycles. The van der Waals surface area contributed by atoms with Gasteiger partial charge in [-0.1, -0.05) is 0 Å². The van der Waals surface area contributed by atoms with Gasteiger partial charge in [-0.3, -0.25) is 0 Å². The Balaban J connectivity index is 2.49. The summed E-state index contributed by atoms with van der Waals surface area (Å²) in [6.07, 6.45) is 0. The summed E-state index contributed by atoms with van der Waals surface area (Å²) >= 11 is 0. The van der Waals surface area contributed by atoms with Crippen molar-refractivity contribution < 1.29 is 5.11 Å². The molecule has 2 aromatic rings. The number of hydrogen-bond acceptors (Lipinski definition) is 3. The number of hydrogen-bond donors (Lipinski definition) is 1. The maximum atomic E-state index is 9.13. The predicted octanol–water partition coefficient (Wildman–Crippen LogP) is 1.59. The third-order valence-corrected chi connectivity index (χ3v) is 1.97. The van der Waals surface area contributed by atoms with Gasteiger partial charge in [0.05, 0.1) is 5.69 Å². The van der Waals surface area contributed by atoms with Gasteiger partial charge in [0.15, 0.2) is 0 Å². The van der Waals surface area contributed by atoms with Crippen LogP contribution in [0.4, 0.5) is 0 Å². The molecule has 0 atom stereocenters. The lowest BCUT2D eigenvalue weighted by Gasteiger charge is -2.01. The van der Waals surface area contributed by atoms with E-state index in [-0.39, 0.29) is 5.75 Å². The van der Waals surface area contributed by atoms with Crippen LogP contribution in [0.25, 0.3) is 5.69 Å². The summed E-state index contributed by atoms with van der Waals surface area (Å²) in [5, 5.41) is 13.4. The molecule has 0 aliphatic carbocycles. The molecule has 14 heavy (non-hydrogen) atoms. The zero-order chi connectivity index (χ0) is 10.1. The van der Waals surface area contributed by atoms with Gasteiger partial charge in [-0.2, -0.15) is 5.10 Å². The van der Waals surface area contributed by atoms with E-state index in [0.717, 1.165) is 17.3 Å². The van der Waals surface area contributed by atoms with Crippen LogP contribution in [0.3, 0.4) is 0 Å². The van der Waals surface area contributed by atoms with Crippen molar-refractivity contribution in [3.8, 4) is 11.4 Å². The first-order valence-electron chi connectivity index (χ1n) is 4.36. The molecule has 0 unspecified atom stereocenters. The van der Waals surface area contributed by atoms with Crippen molar-refractivity contribution in [2.45, 2.75) is 13.8 Å². The first kappa shape index (κ1) is 8.74. The first-order chi connectivity index (χ1) is 6.66. The molecule has 1 aromatic heterocycles. The molecule has 0 fully saturated rings. The summed E-state index contributed by atoms with van der Waals surface area (Å²) in [4.78, 5) is 4.20. The zero-order valence-electron chi connectivity index (χ0n) is 8.10. The third-order valence-electron chi connectivity index (χ3n) is 1.97. The smallest absolute Gasteiger partial charge is 0.148 e. The Bertz CT molecular complexity index is 445. The van der Waals surface area contributed by atoms with Crippen LogP contribution in [0, 0.1) is 13.8 Å². The summed E-state index contributed by atoms with van der Waals surface area (Å²) in [5.74, 6) is 1.84. The molecule has 0 bridgehead atoms. The minimum atomic E-state index is 0.253. The minimum absolute atomic E-state index is 0.253. The van der Waals surface area contributed by atoms with Crippen LogP contribution in [0.1, 0.15) is 11.6 Å². The number of aryl methyl sites for hydroxylation is 2. The fourth-order valence-electron chi connectivity index (χ4n) is 1.36. The molecule has 2 rings (SSSR count). The lowest BCUT2D eigenvalue weighted by atomic mass is 10.3. The largest absolute Gasteiger partial charge is 0.508 e. The highest BCUT2D eigenvalue weighted by atomic mass is 16.3. The van der Waals surface area contributed by atoms with Gasteiger partial charge in [0.2, 0.25) is 0 Å². The van der Waals surface area contributed by atoms with Crippen LogP contribution in [0.5, 0.6) is 5.75 Å². The highest BCUT2D eigenvalue weighted by molar-refractivity contribution is 5.36. The molecule has 0 saturated carbocycles. The van der Waals surface area contributed by atoms with Gasteiger partial charge in [0.25, 0.3) is 0 Å². The van der Waals surface area contributed by atoms with E-state index >= 15 is 0 Å². The lowest BCUT2D eigenvalue weighted by molar-refractivity contribution is 0.475. The van der Waals surface area contributed by atoms with Gasteiger partial charge in [0, 0.05) is 0 Å². The highest BCUT2D eigenvalue weighted by Gasteiger charge is 2.03. The third kappa shape index (κ3) is 1.46. The second-order valence-corrected chi connectivity index (χ2v) is 3.13. The Morgan fingerprint density at radius 3 is 2.29 bits per heavy atom. The van der Waals surface area contributed by atoms with Gasteiger partial charge in [0.1, 0.15) is 17.4 Å². The number of phenols is 1. The van der Waals surface area contributed by atoms with Crippen LogP contribution >= 0.6 is 0 Å². The molecular weight excluding hydrogens is 178 g/mol. The maximum absolute atomic E-state index is 9.13. The molecular formula is C10H11N3O. The van der Waals surface area contributed by atoms with E-state index in [1.807, 2.05) is 13.8 Å². The Hall–Kier alpha value is -1.84. The van der Waals surface area contributed by atoms with E-state index in [9.17, 15) is 0 Å². The van der Waals surface area contributed by atoms with Crippen molar-refractivity contribution in [3.63, 3.8) is 0 Å². The lowest BCUT2D eigenvalue weighted by Crippen LogP contribution is -1.98. The average Bonchev–Trinajstić information content (AvgIpc) is 2.47. The van der Waals surface area contributed by atoms with E-state index in [1.165, 1.54) is 0 Å². The van der Waals surface area contributed by atoms with Crippen LogP contribution in [-0.4, -0.2) is 19.9 Å². The fraction of sp³-hybridized carbons (Fsp3) is 0.200. The van der Waals surface area contributed by atoms with Crippen LogP contribution < -0.4 is 0 Å². The summed E-state index contributed by atoms with van der Waals surface area (Å²) < 4.78 is 1.74. The Labute approximate surface area is 81.8 Å². The quantitative estimate of drug-likeness (QED) is 0.741. The van der Waals surface area contributed by atoms with E-state index < -0.39 is 0 Å². The van der Waals surface area contributed by atoms with E-state index in [1.54, 1.807) is 28.9 Å². The summed E-state index contributed by atoms with van der Waals surface area (Å²) in [7, 11) is 0. The molecule has 0 aliphatic rings. The van der Waals surface area contributed by atoms with Gasteiger partial charge in [-0.05, 0) is 38.1 Å². The highest BCUT2D eigenvalue weighted by Crippen LogP contribution is 2.14. The first-order valence-corrected chi connectivity index (χ1v) is 4.36. The molecule has 72 valence electrons. The molecule has 1 heterocycles. The monoisotopic (exact) mass is 189 g/mol. The molecule has 0 radical (unpaired) electrons. The van der Waals surface area contributed by atoms with Gasteiger partial charge < -0.3 is 5.11 Å². The molecule has 4 heteroatoms. The number of benzene rings is 1. The number of phenolic OH excluding ortho intramolecular Hbond substituents is 1. The number of aromatic nitrogens is 3. The fourth-order valence-corrected chi connectivity index (χ4v) is 1.36. The van der Waals surface area contributed by atoms with E-state index in [0.29, 0.717) is 0 Å². The van der Waals surface area contributed by atoms with Crippen molar-refractivity contribution in [2.24, 2.45) is 0 Å². The van der Waals surface area contributed by atoms with Crippen molar-refractivity contribution in [1.82, 2.24) is 14.8 Å². The number of rotatable bonds is 1. The molecule has 1 N–H and O–H groups in total. The SMILES string of the molecule is Cc1nc(C)n(-c2ccc(O)cc2)n1. The second-order valence-electron chi connectivity index (χ2n) is 3.13. The summed E-state index contributed by atoms with van der Waals surface area (Å²) in [6, 6.07) is 6.87. The summed E-state index contributed by atoms with van der Waals surface area (Å²) in [6.45, 7) is 3.75. The Morgan fingerprint density at radius 2 is 1.79 bits per heavy atom. The molecule has 0 aliphatic heterocycles. The number of nitrogens with zero attached hydrogens (tertiary/aromatic N) is 3. The predicted molar refractivity (Wildman–Crippen MR) is 52.5 cm³/mol. The van der Waals surface area contributed by atoms with Crippen LogP contribution in [-0.2, 0) is 0 Å². The molecule has 1 aromatic carbocycles. The summed E-state index contributed by atoms with van der Waals surface area (Å²) in [5.41, 5.74) is 0.904. The molecule has 4 nitrogen and oxygen atoms in total. The van der Waals surface area contributed by atoms with Gasteiger partial charge in [-0.15, -0.1) is 0 Å². The number of aromatic hydroxyl groups is 1. The van der Waals surface area contributed by atoms with Crippen molar-refractivity contribution >= 4 is 0 Å². The molecule has 0 spiro atoms.